The summed E-state index contributed by atoms with van der Waals surface area (Å²) in [6.07, 6.45) is 0. The van der Waals surface area contributed by atoms with Crippen molar-refractivity contribution >= 4 is 5.97 Å². The number of aromatic carboxylic acids is 1. The van der Waals surface area contributed by atoms with E-state index >= 15 is 0 Å². The normalized spacial score (nSPS) is 10.4. The number of hydrogen-bond acceptors (Lipinski definition) is 2. The highest BCUT2D eigenvalue weighted by molar-refractivity contribution is 5.88. The van der Waals surface area contributed by atoms with E-state index in [1.807, 2.05) is 13.8 Å². The third-order valence-electron chi connectivity index (χ3n) is 1.76. The van der Waals surface area contributed by atoms with E-state index in [2.05, 4.69) is 4.98 Å². The van der Waals surface area contributed by atoms with E-state index in [0.29, 0.717) is 5.69 Å². The van der Waals surface area contributed by atoms with Crippen LogP contribution in [0.2, 0.25) is 0 Å². The van der Waals surface area contributed by atoms with Crippen LogP contribution in [0, 0.1) is 0 Å². The second-order valence-corrected chi connectivity index (χ2v) is 3.11. The second kappa shape index (κ2) is 3.43. The molecule has 0 amide bonds. The van der Waals surface area contributed by atoms with Gasteiger partial charge in [-0.15, -0.1) is 0 Å². The zero-order valence-electron chi connectivity index (χ0n) is 7.50. The van der Waals surface area contributed by atoms with Crippen molar-refractivity contribution in [1.29, 1.82) is 0 Å². The maximum Gasteiger partial charge on any atom is 0.337 e. The van der Waals surface area contributed by atoms with Gasteiger partial charge in [0.05, 0.1) is 5.56 Å². The molecule has 1 rings (SSSR count). The number of hydrogen-bond donors (Lipinski definition) is 2. The molecule has 0 saturated heterocycles. The van der Waals surface area contributed by atoms with Crippen LogP contribution in [-0.4, -0.2) is 16.1 Å². The first kappa shape index (κ1) is 9.51. The summed E-state index contributed by atoms with van der Waals surface area (Å²) in [5.74, 6) is -1.01. The van der Waals surface area contributed by atoms with Crippen LogP contribution in [0.25, 0.3) is 0 Å². The highest BCUT2D eigenvalue weighted by atomic mass is 16.4. The summed E-state index contributed by atoms with van der Waals surface area (Å²) in [5, 5.41) is 8.78. The minimum absolute atomic E-state index is 0.000000000000000444. The van der Waals surface area contributed by atoms with Crippen molar-refractivity contribution in [2.24, 2.45) is 0 Å². The summed E-state index contributed by atoms with van der Waals surface area (Å²) < 4.78 is 0. The summed E-state index contributed by atoms with van der Waals surface area (Å²) in [6, 6.07) is 2.55. The van der Waals surface area contributed by atoms with Gasteiger partial charge < -0.3 is 10.1 Å². The van der Waals surface area contributed by atoms with Crippen molar-refractivity contribution in [3.63, 3.8) is 0 Å². The summed E-state index contributed by atoms with van der Waals surface area (Å²) >= 11 is 0. The van der Waals surface area contributed by atoms with E-state index in [1.165, 1.54) is 12.1 Å². The number of nitrogens with one attached hydrogen (secondary N) is 1. The van der Waals surface area contributed by atoms with Gasteiger partial charge >= 0.3 is 5.97 Å². The first-order valence-electron chi connectivity index (χ1n) is 3.99. The molecule has 13 heavy (non-hydrogen) atoms. The molecule has 1 aromatic heterocycles. The van der Waals surface area contributed by atoms with E-state index in [1.54, 1.807) is 0 Å². The lowest BCUT2D eigenvalue weighted by Gasteiger charge is -2.07. The van der Waals surface area contributed by atoms with E-state index in [4.69, 9.17) is 5.11 Å². The van der Waals surface area contributed by atoms with Gasteiger partial charge in [0.15, 0.2) is 0 Å². The lowest BCUT2D eigenvalue weighted by Crippen LogP contribution is -2.14. The number of rotatable bonds is 2. The van der Waals surface area contributed by atoms with Crippen LogP contribution < -0.4 is 5.56 Å². The number of carboxylic acid groups (broad SMARTS) is 1. The Bertz CT molecular complexity index is 379. The average molecular weight is 181 g/mol. The minimum atomic E-state index is -1.01. The van der Waals surface area contributed by atoms with Crippen LogP contribution in [-0.2, 0) is 0 Å². The van der Waals surface area contributed by atoms with Gasteiger partial charge in [-0.1, -0.05) is 13.8 Å². The average Bonchev–Trinajstić information content (AvgIpc) is 2.03. The molecule has 4 nitrogen and oxygen atoms in total. The van der Waals surface area contributed by atoms with Crippen LogP contribution in [0.4, 0.5) is 0 Å². The Kier molecular flexibility index (Phi) is 2.51. The summed E-state index contributed by atoms with van der Waals surface area (Å²) in [5.41, 5.74) is 0.364. The fourth-order valence-electron chi connectivity index (χ4n) is 1.13. The maximum atomic E-state index is 10.9. The lowest BCUT2D eigenvalue weighted by atomic mass is 10.0. The number of aromatic nitrogens is 1. The fourth-order valence-corrected chi connectivity index (χ4v) is 1.13. The van der Waals surface area contributed by atoms with Gasteiger partial charge in [0.25, 0.3) is 0 Å². The van der Waals surface area contributed by atoms with Crippen molar-refractivity contribution < 1.29 is 9.90 Å². The summed E-state index contributed by atoms with van der Waals surface area (Å²) in [4.78, 5) is 24.2. The quantitative estimate of drug-likeness (QED) is 0.720. The molecule has 1 heterocycles. The van der Waals surface area contributed by atoms with Crippen molar-refractivity contribution in [2.45, 2.75) is 19.8 Å². The molecule has 4 heteroatoms. The van der Waals surface area contributed by atoms with E-state index in [9.17, 15) is 9.59 Å². The zero-order chi connectivity index (χ0) is 10.0. The molecule has 0 aromatic carbocycles. The van der Waals surface area contributed by atoms with Crippen LogP contribution in [0.5, 0.6) is 0 Å². The van der Waals surface area contributed by atoms with Crippen molar-refractivity contribution in [2.75, 3.05) is 0 Å². The molecular weight excluding hydrogens is 170 g/mol. The first-order chi connectivity index (χ1) is 6.02. The van der Waals surface area contributed by atoms with Gasteiger partial charge in [-0.3, -0.25) is 4.79 Å². The third-order valence-corrected chi connectivity index (χ3v) is 1.76. The molecule has 0 fully saturated rings. The standard InChI is InChI=1S/C9H11NO3/c1-5(2)8-6(9(12)13)3-4-7(11)10-8/h3-5H,1-2H3,(H,10,11)(H,12,13). The predicted octanol–water partition coefficient (Wildman–Crippen LogP) is 1.20. The smallest absolute Gasteiger partial charge is 0.337 e. The lowest BCUT2D eigenvalue weighted by molar-refractivity contribution is 0.0694. The molecule has 0 saturated carbocycles. The number of carbonyl (C=O) groups is 1. The van der Waals surface area contributed by atoms with Crippen LogP contribution in [0.15, 0.2) is 16.9 Å². The number of carboxylic acids is 1. The molecule has 0 radical (unpaired) electrons. The molecule has 70 valence electrons. The molecule has 0 aliphatic carbocycles. The molecule has 0 aliphatic heterocycles. The van der Waals surface area contributed by atoms with Crippen molar-refractivity contribution in [3.05, 3.63) is 33.7 Å². The number of pyridine rings is 1. The highest BCUT2D eigenvalue weighted by Gasteiger charge is 2.12. The molecule has 0 atom stereocenters. The van der Waals surface area contributed by atoms with Crippen LogP contribution >= 0.6 is 0 Å². The Morgan fingerprint density at radius 3 is 2.54 bits per heavy atom. The van der Waals surface area contributed by atoms with E-state index in [0.717, 1.165) is 0 Å². The van der Waals surface area contributed by atoms with Crippen LogP contribution in [0.3, 0.4) is 0 Å². The van der Waals surface area contributed by atoms with Crippen molar-refractivity contribution in [1.82, 2.24) is 4.98 Å². The molecule has 2 N–H and O–H groups in total. The Balaban J connectivity index is 3.35. The van der Waals surface area contributed by atoms with Gasteiger partial charge in [-0.2, -0.15) is 0 Å². The monoisotopic (exact) mass is 181 g/mol. The Morgan fingerprint density at radius 2 is 2.08 bits per heavy atom. The third kappa shape index (κ3) is 1.96. The topological polar surface area (TPSA) is 70.2 Å². The molecule has 0 unspecified atom stereocenters. The SMILES string of the molecule is CC(C)c1[nH]c(=O)ccc1C(=O)O. The highest BCUT2D eigenvalue weighted by Crippen LogP contribution is 2.14. The summed E-state index contributed by atoms with van der Waals surface area (Å²) in [6.45, 7) is 3.66. The van der Waals surface area contributed by atoms with Gasteiger partial charge in [0, 0.05) is 11.8 Å². The number of H-pyrrole nitrogens is 1. The number of aromatic amines is 1. The molecule has 0 bridgehead atoms. The molecule has 1 aromatic rings. The predicted molar refractivity (Wildman–Crippen MR) is 48.1 cm³/mol. The van der Waals surface area contributed by atoms with Gasteiger partial charge in [0.1, 0.15) is 0 Å². The minimum Gasteiger partial charge on any atom is -0.478 e. The summed E-state index contributed by atoms with van der Waals surface area (Å²) in [7, 11) is 0. The molecular formula is C9H11NO3. The van der Waals surface area contributed by atoms with Gasteiger partial charge in [-0.25, -0.2) is 4.79 Å². The van der Waals surface area contributed by atoms with Gasteiger partial charge in [0.2, 0.25) is 5.56 Å². The van der Waals surface area contributed by atoms with Crippen molar-refractivity contribution in [3.8, 4) is 0 Å². The van der Waals surface area contributed by atoms with E-state index < -0.39 is 5.97 Å². The second-order valence-electron chi connectivity index (χ2n) is 3.11. The van der Waals surface area contributed by atoms with Gasteiger partial charge in [-0.05, 0) is 12.0 Å². The Hall–Kier alpha value is -1.58. The Morgan fingerprint density at radius 1 is 1.46 bits per heavy atom. The van der Waals surface area contributed by atoms with Crippen LogP contribution in [0.1, 0.15) is 35.8 Å². The molecule has 0 spiro atoms. The largest absolute Gasteiger partial charge is 0.478 e. The molecule has 0 aliphatic rings. The maximum absolute atomic E-state index is 10.9. The first-order valence-corrected chi connectivity index (χ1v) is 3.99. The van der Waals surface area contributed by atoms with E-state index in [-0.39, 0.29) is 17.0 Å². The Labute approximate surface area is 75.2 Å². The fraction of sp³-hybridized carbons (Fsp3) is 0.333. The zero-order valence-corrected chi connectivity index (χ0v) is 7.50.